The van der Waals surface area contributed by atoms with Crippen LogP contribution in [-0.2, 0) is 5.44 Å². The second kappa shape index (κ2) is 11.8. The van der Waals surface area contributed by atoms with Crippen LogP contribution in [0.15, 0.2) is 78.9 Å². The highest BCUT2D eigenvalue weighted by atomic mass is 35.5. The zero-order chi connectivity index (χ0) is 30.0. The summed E-state index contributed by atoms with van der Waals surface area (Å²) in [5.74, 6) is -0.601. The molecule has 1 fully saturated rings. The topological polar surface area (TPSA) is 125 Å². The SMILES string of the molecule is B[C@@](Nc1cc(Cl)c2ncc(C#N)c(N[C@H](CCC#N)c3ccccc3)c2c1)(C1=CN(C2CC2)NN1)c1cccnc1F. The summed E-state index contributed by atoms with van der Waals surface area (Å²) in [5, 5.41) is 29.4. The molecule has 0 bridgehead atoms. The Morgan fingerprint density at radius 3 is 2.70 bits per heavy atom. The third-order valence-electron chi connectivity index (χ3n) is 7.87. The van der Waals surface area contributed by atoms with Crippen LogP contribution < -0.4 is 21.6 Å². The average molecular weight is 592 g/mol. The third kappa shape index (κ3) is 5.65. The Bertz CT molecular complexity index is 1780. The van der Waals surface area contributed by atoms with Crippen LogP contribution in [0.3, 0.4) is 0 Å². The lowest BCUT2D eigenvalue weighted by molar-refractivity contribution is 0.260. The molecule has 3 heterocycles. The van der Waals surface area contributed by atoms with Crippen molar-refractivity contribution in [3.8, 4) is 12.1 Å². The predicted molar refractivity (Wildman–Crippen MR) is 166 cm³/mol. The van der Waals surface area contributed by atoms with Gasteiger partial charge in [0.25, 0.3) is 0 Å². The fraction of sp³-hybridized carbons (Fsp3) is 0.226. The van der Waals surface area contributed by atoms with E-state index in [1.54, 1.807) is 18.2 Å². The molecule has 0 saturated heterocycles. The molecule has 0 unspecified atom stereocenters. The van der Waals surface area contributed by atoms with Gasteiger partial charge >= 0.3 is 0 Å². The molecule has 1 saturated carbocycles. The first-order chi connectivity index (χ1) is 20.9. The molecule has 2 aliphatic rings. The molecule has 12 heteroatoms. The zero-order valence-corrected chi connectivity index (χ0v) is 24.2. The number of hydrogen-bond acceptors (Lipinski definition) is 9. The van der Waals surface area contributed by atoms with Gasteiger partial charge in [0.1, 0.15) is 13.9 Å². The minimum Gasteiger partial charge on any atom is -0.377 e. The maximum atomic E-state index is 15.3. The largest absolute Gasteiger partial charge is 0.377 e. The maximum Gasteiger partial charge on any atom is 0.218 e. The van der Waals surface area contributed by atoms with Gasteiger partial charge in [-0.15, -0.1) is 5.53 Å². The van der Waals surface area contributed by atoms with Gasteiger partial charge in [0.05, 0.1) is 45.0 Å². The van der Waals surface area contributed by atoms with Gasteiger partial charge in [-0.1, -0.05) is 48.0 Å². The molecule has 43 heavy (non-hydrogen) atoms. The smallest absolute Gasteiger partial charge is 0.218 e. The van der Waals surface area contributed by atoms with Crippen molar-refractivity contribution in [1.82, 2.24) is 25.9 Å². The molecule has 214 valence electrons. The maximum absolute atomic E-state index is 15.3. The first kappa shape index (κ1) is 28.3. The average Bonchev–Trinajstić information content (AvgIpc) is 3.75. The summed E-state index contributed by atoms with van der Waals surface area (Å²) < 4.78 is 15.3. The number of nitrogens with one attached hydrogen (secondary N) is 4. The van der Waals surface area contributed by atoms with Gasteiger partial charge in [-0.3, -0.25) is 9.99 Å². The van der Waals surface area contributed by atoms with Crippen molar-refractivity contribution >= 4 is 41.7 Å². The van der Waals surface area contributed by atoms with Crippen molar-refractivity contribution in [2.75, 3.05) is 10.6 Å². The first-order valence-electron chi connectivity index (χ1n) is 14.0. The Hall–Kier alpha value is -4.84. The zero-order valence-electron chi connectivity index (χ0n) is 23.4. The number of fused-ring (bicyclic) bond motifs is 1. The third-order valence-corrected chi connectivity index (χ3v) is 8.16. The van der Waals surface area contributed by atoms with Gasteiger partial charge < -0.3 is 16.1 Å². The van der Waals surface area contributed by atoms with Crippen molar-refractivity contribution < 1.29 is 4.39 Å². The highest BCUT2D eigenvalue weighted by molar-refractivity contribution is 6.36. The van der Waals surface area contributed by atoms with E-state index in [2.05, 4.69) is 43.7 Å². The summed E-state index contributed by atoms with van der Waals surface area (Å²) in [5.41, 5.74) is 9.31. The first-order valence-corrected chi connectivity index (χ1v) is 14.4. The monoisotopic (exact) mass is 591 g/mol. The second-order valence-electron chi connectivity index (χ2n) is 10.8. The molecule has 4 aromatic rings. The number of benzene rings is 2. The minimum atomic E-state index is -1.08. The van der Waals surface area contributed by atoms with E-state index in [1.165, 1.54) is 12.4 Å². The van der Waals surface area contributed by atoms with Crippen LogP contribution in [0.25, 0.3) is 10.9 Å². The second-order valence-corrected chi connectivity index (χ2v) is 11.2. The lowest BCUT2D eigenvalue weighted by Gasteiger charge is -2.34. The van der Waals surface area contributed by atoms with E-state index in [0.29, 0.717) is 63.0 Å². The van der Waals surface area contributed by atoms with E-state index < -0.39 is 11.4 Å². The van der Waals surface area contributed by atoms with Crippen molar-refractivity contribution in [2.24, 2.45) is 0 Å². The molecule has 6 rings (SSSR count). The van der Waals surface area contributed by atoms with E-state index in [0.717, 1.165) is 18.4 Å². The van der Waals surface area contributed by atoms with E-state index in [9.17, 15) is 10.5 Å². The number of aromatic nitrogens is 2. The number of nitrogens with zero attached hydrogens (tertiary/aromatic N) is 5. The number of hydrogen-bond donors (Lipinski definition) is 4. The van der Waals surface area contributed by atoms with Crippen molar-refractivity contribution in [3.63, 3.8) is 0 Å². The summed E-state index contributed by atoms with van der Waals surface area (Å²) in [6.07, 6.45) is 7.87. The highest BCUT2D eigenvalue weighted by Crippen LogP contribution is 2.39. The van der Waals surface area contributed by atoms with Crippen LogP contribution in [0.5, 0.6) is 0 Å². The Labute approximate surface area is 254 Å². The lowest BCUT2D eigenvalue weighted by Crippen LogP contribution is -2.46. The molecule has 1 aliphatic heterocycles. The van der Waals surface area contributed by atoms with Crippen LogP contribution in [0.1, 0.15) is 48.4 Å². The molecule has 0 radical (unpaired) electrons. The number of nitriles is 2. The molecular weight excluding hydrogens is 564 g/mol. The van der Waals surface area contributed by atoms with Gasteiger partial charge in [0.2, 0.25) is 5.95 Å². The Balaban J connectivity index is 1.45. The van der Waals surface area contributed by atoms with E-state index in [-0.39, 0.29) is 6.04 Å². The van der Waals surface area contributed by atoms with Crippen LogP contribution in [0, 0.1) is 28.6 Å². The molecule has 0 amide bonds. The summed E-state index contributed by atoms with van der Waals surface area (Å²) in [4.78, 5) is 8.41. The summed E-state index contributed by atoms with van der Waals surface area (Å²) in [7, 11) is 1.87. The molecule has 9 nitrogen and oxygen atoms in total. The Morgan fingerprint density at radius 1 is 1.16 bits per heavy atom. The lowest BCUT2D eigenvalue weighted by atomic mass is 9.70. The van der Waals surface area contributed by atoms with Crippen molar-refractivity contribution in [3.05, 3.63) is 107 Å². The summed E-state index contributed by atoms with van der Waals surface area (Å²) in [6.45, 7) is 0. The fourth-order valence-corrected chi connectivity index (χ4v) is 5.69. The minimum absolute atomic E-state index is 0.240. The van der Waals surface area contributed by atoms with Crippen molar-refractivity contribution in [1.29, 1.82) is 10.5 Å². The molecule has 1 aliphatic carbocycles. The quantitative estimate of drug-likeness (QED) is 0.149. The number of rotatable bonds is 10. The number of halogens is 2. The summed E-state index contributed by atoms with van der Waals surface area (Å²) in [6, 6.07) is 21.4. The fourth-order valence-electron chi connectivity index (χ4n) is 5.42. The van der Waals surface area contributed by atoms with Crippen LogP contribution in [-0.4, -0.2) is 28.9 Å². The van der Waals surface area contributed by atoms with Gasteiger partial charge in [0.15, 0.2) is 0 Å². The normalized spacial score (nSPS) is 16.4. The number of anilines is 2. The Morgan fingerprint density at radius 2 is 1.98 bits per heavy atom. The van der Waals surface area contributed by atoms with Gasteiger partial charge in [-0.25, -0.2) is 4.98 Å². The highest BCUT2D eigenvalue weighted by Gasteiger charge is 2.39. The molecule has 2 atom stereocenters. The van der Waals surface area contributed by atoms with Crippen LogP contribution >= 0.6 is 11.6 Å². The van der Waals surface area contributed by atoms with Gasteiger partial charge in [0, 0.05) is 47.7 Å². The summed E-state index contributed by atoms with van der Waals surface area (Å²) >= 11 is 6.81. The van der Waals surface area contributed by atoms with Gasteiger partial charge in [-0.05, 0) is 43.0 Å². The van der Waals surface area contributed by atoms with E-state index in [4.69, 9.17) is 11.6 Å². The number of hydrazine groups is 2. The number of pyridine rings is 2. The van der Waals surface area contributed by atoms with Crippen LogP contribution in [0.4, 0.5) is 15.8 Å². The molecule has 2 aromatic carbocycles. The predicted octanol–water partition coefficient (Wildman–Crippen LogP) is 4.98. The Kier molecular flexibility index (Phi) is 7.77. The van der Waals surface area contributed by atoms with Crippen LogP contribution in [0.2, 0.25) is 5.02 Å². The van der Waals surface area contributed by atoms with E-state index in [1.807, 2.05) is 55.5 Å². The molecular formula is C31H28BClFN9. The standard InChI is InChI=1S/C31H28BClFN9/c32-31(24-8-5-13-37-30(24)34,27-18-43(42-41-27)22-10-11-22)40-21-14-23-28(20(16-36)17-38-29(23)25(33)15-21)39-26(9-4-12-35)19-6-2-1-3-7-19/h1-3,5-8,13-15,17-18,22,26,40-42H,4,9-11,32H2,(H,38,39)/t26-,31+/m1/s1. The van der Waals surface area contributed by atoms with Gasteiger partial charge in [-0.2, -0.15) is 14.9 Å². The molecule has 0 spiro atoms. The molecule has 4 N–H and O–H groups in total. The molecule has 2 aromatic heterocycles. The van der Waals surface area contributed by atoms with Crippen molar-refractivity contribution in [2.45, 2.75) is 43.2 Å². The van der Waals surface area contributed by atoms with E-state index >= 15 is 4.39 Å².